The zero-order valence-electron chi connectivity index (χ0n) is 12.4. The highest BCUT2D eigenvalue weighted by molar-refractivity contribution is 5.79. The third-order valence-electron chi connectivity index (χ3n) is 2.90. The van der Waals surface area contributed by atoms with Crippen molar-refractivity contribution >= 4 is 11.7 Å². The van der Waals surface area contributed by atoms with Crippen LogP contribution in [0.3, 0.4) is 0 Å². The molecule has 0 aliphatic rings. The molecule has 1 aromatic carbocycles. The summed E-state index contributed by atoms with van der Waals surface area (Å²) in [7, 11) is 5.50. The Kier molecular flexibility index (Phi) is 5.83. The van der Waals surface area contributed by atoms with Crippen molar-refractivity contribution in [3.05, 3.63) is 29.8 Å². The number of ether oxygens (including phenoxy) is 1. The van der Waals surface area contributed by atoms with E-state index in [2.05, 4.69) is 22.3 Å². The summed E-state index contributed by atoms with van der Waals surface area (Å²) in [6, 6.07) is 7.81. The van der Waals surface area contributed by atoms with Gasteiger partial charge in [0.2, 0.25) is 0 Å². The molecule has 0 fully saturated rings. The fraction of sp³-hybridized carbons (Fsp3) is 0.533. The van der Waals surface area contributed by atoms with Crippen molar-refractivity contribution in [2.45, 2.75) is 26.4 Å². The summed E-state index contributed by atoms with van der Waals surface area (Å²) in [5.41, 5.74) is 2.18. The van der Waals surface area contributed by atoms with Crippen LogP contribution in [0.2, 0.25) is 0 Å². The molecule has 4 heteroatoms. The number of anilines is 1. The van der Waals surface area contributed by atoms with Crippen LogP contribution in [0.1, 0.15) is 19.4 Å². The Bertz CT molecular complexity index is 399. The molecule has 1 atom stereocenters. The van der Waals surface area contributed by atoms with E-state index < -0.39 is 0 Å². The summed E-state index contributed by atoms with van der Waals surface area (Å²) >= 11 is 0. The molecule has 0 amide bonds. The average Bonchev–Trinajstić information content (AvgIpc) is 2.36. The third kappa shape index (κ3) is 4.91. The summed E-state index contributed by atoms with van der Waals surface area (Å²) in [6.45, 7) is 4.90. The van der Waals surface area contributed by atoms with Crippen molar-refractivity contribution in [3.63, 3.8) is 0 Å². The van der Waals surface area contributed by atoms with Crippen molar-refractivity contribution in [3.8, 4) is 0 Å². The minimum atomic E-state index is -0.315. The highest BCUT2D eigenvalue weighted by atomic mass is 16.5. The van der Waals surface area contributed by atoms with E-state index in [1.54, 1.807) is 0 Å². The van der Waals surface area contributed by atoms with Crippen LogP contribution < -0.4 is 5.32 Å². The van der Waals surface area contributed by atoms with Gasteiger partial charge in [0.25, 0.3) is 0 Å². The van der Waals surface area contributed by atoms with Gasteiger partial charge in [-0.3, -0.25) is 0 Å². The Morgan fingerprint density at radius 2 is 1.84 bits per heavy atom. The standard InChI is InChI=1S/C15H24N2O2/c1-11(2)14(15(18)19-5)16-13-8-6-12(7-9-13)10-17(3)4/h6-9,11,14,16H,10H2,1-5H3. The van der Waals surface area contributed by atoms with Gasteiger partial charge in [-0.05, 0) is 37.7 Å². The second kappa shape index (κ2) is 7.14. The zero-order chi connectivity index (χ0) is 14.4. The molecule has 1 aromatic rings. The quantitative estimate of drug-likeness (QED) is 0.801. The highest BCUT2D eigenvalue weighted by Crippen LogP contribution is 2.15. The number of nitrogens with one attached hydrogen (secondary N) is 1. The first-order valence-electron chi connectivity index (χ1n) is 6.52. The lowest BCUT2D eigenvalue weighted by molar-refractivity contribution is -0.142. The smallest absolute Gasteiger partial charge is 0.328 e. The van der Waals surface area contributed by atoms with E-state index in [1.807, 2.05) is 40.1 Å². The number of benzene rings is 1. The van der Waals surface area contributed by atoms with Gasteiger partial charge in [-0.1, -0.05) is 26.0 Å². The summed E-state index contributed by atoms with van der Waals surface area (Å²) in [6.07, 6.45) is 0. The molecule has 1 rings (SSSR count). The second-order valence-corrected chi connectivity index (χ2v) is 5.32. The molecule has 19 heavy (non-hydrogen) atoms. The number of hydrogen-bond donors (Lipinski definition) is 1. The number of carbonyl (C=O) groups excluding carboxylic acids is 1. The van der Waals surface area contributed by atoms with Crippen LogP contribution in [0.5, 0.6) is 0 Å². The van der Waals surface area contributed by atoms with Gasteiger partial charge in [-0.15, -0.1) is 0 Å². The Balaban J connectivity index is 2.72. The number of nitrogens with zero attached hydrogens (tertiary/aromatic N) is 1. The van der Waals surface area contributed by atoms with E-state index in [1.165, 1.54) is 12.7 Å². The van der Waals surface area contributed by atoms with Crippen molar-refractivity contribution in [2.75, 3.05) is 26.5 Å². The second-order valence-electron chi connectivity index (χ2n) is 5.32. The normalized spacial score (nSPS) is 12.6. The monoisotopic (exact) mass is 264 g/mol. The number of carbonyl (C=O) groups is 1. The lowest BCUT2D eigenvalue weighted by Gasteiger charge is -2.21. The van der Waals surface area contributed by atoms with Crippen LogP contribution in [0, 0.1) is 5.92 Å². The van der Waals surface area contributed by atoms with Crippen molar-refractivity contribution in [1.29, 1.82) is 0 Å². The van der Waals surface area contributed by atoms with Crippen LogP contribution in [0.15, 0.2) is 24.3 Å². The van der Waals surface area contributed by atoms with Gasteiger partial charge in [-0.2, -0.15) is 0 Å². The minimum absolute atomic E-state index is 0.175. The van der Waals surface area contributed by atoms with Crippen LogP contribution in [-0.2, 0) is 16.1 Å². The fourth-order valence-electron chi connectivity index (χ4n) is 1.88. The largest absolute Gasteiger partial charge is 0.467 e. The van der Waals surface area contributed by atoms with Crippen molar-refractivity contribution in [2.24, 2.45) is 5.92 Å². The molecule has 106 valence electrons. The topological polar surface area (TPSA) is 41.6 Å². The van der Waals surface area contributed by atoms with E-state index in [-0.39, 0.29) is 17.9 Å². The molecule has 0 saturated heterocycles. The maximum Gasteiger partial charge on any atom is 0.328 e. The summed E-state index contributed by atoms with van der Waals surface area (Å²) in [5, 5.41) is 3.22. The number of hydrogen-bond acceptors (Lipinski definition) is 4. The molecule has 0 radical (unpaired) electrons. The van der Waals surface area contributed by atoms with E-state index in [9.17, 15) is 4.79 Å². The van der Waals surface area contributed by atoms with E-state index in [0.29, 0.717) is 0 Å². The van der Waals surface area contributed by atoms with Crippen LogP contribution >= 0.6 is 0 Å². The Hall–Kier alpha value is -1.55. The molecule has 0 heterocycles. The maximum atomic E-state index is 11.7. The molecule has 1 N–H and O–H groups in total. The molecule has 0 aliphatic carbocycles. The lowest BCUT2D eigenvalue weighted by Crippen LogP contribution is -2.35. The maximum absolute atomic E-state index is 11.7. The molecule has 4 nitrogen and oxygen atoms in total. The SMILES string of the molecule is COC(=O)C(Nc1ccc(CN(C)C)cc1)C(C)C. The average molecular weight is 264 g/mol. The number of esters is 1. The molecule has 0 aliphatic heterocycles. The van der Waals surface area contributed by atoms with Crippen molar-refractivity contribution < 1.29 is 9.53 Å². The predicted octanol–water partition coefficient (Wildman–Crippen LogP) is 2.36. The molecule has 0 spiro atoms. The van der Waals surface area contributed by atoms with Gasteiger partial charge in [0.15, 0.2) is 0 Å². The molecular weight excluding hydrogens is 240 g/mol. The summed E-state index contributed by atoms with van der Waals surface area (Å²) < 4.78 is 4.81. The van der Waals surface area contributed by atoms with Gasteiger partial charge < -0.3 is 15.0 Å². The summed E-state index contributed by atoms with van der Waals surface area (Å²) in [4.78, 5) is 13.8. The Labute approximate surface area is 115 Å². The van der Waals surface area contributed by atoms with Crippen LogP contribution in [0.4, 0.5) is 5.69 Å². The first-order chi connectivity index (χ1) is 8.93. The number of rotatable bonds is 6. The first-order valence-corrected chi connectivity index (χ1v) is 6.52. The van der Waals surface area contributed by atoms with Gasteiger partial charge in [0.05, 0.1) is 7.11 Å². The first kappa shape index (κ1) is 15.5. The van der Waals surface area contributed by atoms with E-state index >= 15 is 0 Å². The fourth-order valence-corrected chi connectivity index (χ4v) is 1.88. The van der Waals surface area contributed by atoms with E-state index in [4.69, 9.17) is 4.74 Å². The van der Waals surface area contributed by atoms with Crippen LogP contribution in [-0.4, -0.2) is 38.1 Å². The third-order valence-corrected chi connectivity index (χ3v) is 2.90. The lowest BCUT2D eigenvalue weighted by atomic mass is 10.0. The molecule has 0 aromatic heterocycles. The van der Waals surface area contributed by atoms with Gasteiger partial charge in [0.1, 0.15) is 6.04 Å². The van der Waals surface area contributed by atoms with E-state index in [0.717, 1.165) is 12.2 Å². The Morgan fingerprint density at radius 3 is 2.26 bits per heavy atom. The highest BCUT2D eigenvalue weighted by Gasteiger charge is 2.22. The molecule has 0 bridgehead atoms. The molecule has 0 saturated carbocycles. The zero-order valence-corrected chi connectivity index (χ0v) is 12.4. The Morgan fingerprint density at radius 1 is 1.26 bits per heavy atom. The number of methoxy groups -OCH3 is 1. The molecular formula is C15H24N2O2. The minimum Gasteiger partial charge on any atom is -0.467 e. The summed E-state index contributed by atoms with van der Waals surface area (Å²) in [5.74, 6) is -0.0544. The van der Waals surface area contributed by atoms with Crippen LogP contribution in [0.25, 0.3) is 0 Å². The van der Waals surface area contributed by atoms with Gasteiger partial charge >= 0.3 is 5.97 Å². The van der Waals surface area contributed by atoms with Gasteiger partial charge in [0, 0.05) is 12.2 Å². The predicted molar refractivity (Wildman–Crippen MR) is 78.1 cm³/mol. The molecule has 1 unspecified atom stereocenters. The van der Waals surface area contributed by atoms with Crippen molar-refractivity contribution in [1.82, 2.24) is 4.90 Å². The van der Waals surface area contributed by atoms with Gasteiger partial charge in [-0.25, -0.2) is 4.79 Å².